The van der Waals surface area contributed by atoms with Crippen LogP contribution in [0.4, 0.5) is 0 Å². The van der Waals surface area contributed by atoms with E-state index in [1.807, 2.05) is 0 Å². The molecule has 0 radical (unpaired) electrons. The molecular formula is C22H26O. The molecule has 23 heavy (non-hydrogen) atoms. The second-order valence-electron chi connectivity index (χ2n) is 7.85. The first-order valence-electron chi connectivity index (χ1n) is 8.36. The van der Waals surface area contributed by atoms with Crippen molar-refractivity contribution < 1.29 is 5.11 Å². The third-order valence-electron chi connectivity index (χ3n) is 4.78. The molecule has 0 amide bonds. The number of benzene rings is 2. The zero-order chi connectivity index (χ0) is 16.8. The molecule has 1 atom stereocenters. The van der Waals surface area contributed by atoms with Crippen molar-refractivity contribution in [2.45, 2.75) is 47.1 Å². The lowest BCUT2D eigenvalue weighted by Gasteiger charge is -2.30. The van der Waals surface area contributed by atoms with Crippen LogP contribution in [-0.4, -0.2) is 5.11 Å². The number of fused-ring (bicyclic) bond motifs is 1. The Morgan fingerprint density at radius 2 is 1.70 bits per heavy atom. The second kappa shape index (κ2) is 5.65. The lowest BCUT2D eigenvalue weighted by Crippen LogP contribution is -2.19. The van der Waals surface area contributed by atoms with E-state index in [0.717, 1.165) is 17.4 Å². The Labute approximate surface area is 139 Å². The van der Waals surface area contributed by atoms with Crippen molar-refractivity contribution in [3.05, 3.63) is 64.7 Å². The van der Waals surface area contributed by atoms with Crippen LogP contribution in [0.3, 0.4) is 0 Å². The second-order valence-corrected chi connectivity index (χ2v) is 7.85. The Morgan fingerprint density at radius 1 is 1.00 bits per heavy atom. The molecule has 0 saturated carbocycles. The van der Waals surface area contributed by atoms with Crippen molar-refractivity contribution in [3.8, 4) is 0 Å². The van der Waals surface area contributed by atoms with Gasteiger partial charge in [-0.1, -0.05) is 68.8 Å². The number of aliphatic hydroxyl groups excluding tert-OH is 1. The fraction of sp³-hybridized carbons (Fsp3) is 0.364. The van der Waals surface area contributed by atoms with Crippen molar-refractivity contribution in [1.82, 2.24) is 0 Å². The zero-order valence-electron chi connectivity index (χ0n) is 14.8. The summed E-state index contributed by atoms with van der Waals surface area (Å²) in [6.07, 6.45) is 2.75. The third-order valence-corrected chi connectivity index (χ3v) is 4.78. The highest BCUT2D eigenvalue weighted by molar-refractivity contribution is 5.92. The predicted molar refractivity (Wildman–Crippen MR) is 99.3 cm³/mol. The molecule has 0 bridgehead atoms. The summed E-state index contributed by atoms with van der Waals surface area (Å²) in [5.41, 5.74) is 6.15. The van der Waals surface area contributed by atoms with Gasteiger partial charge in [-0.2, -0.15) is 0 Å². The van der Waals surface area contributed by atoms with Gasteiger partial charge in [-0.3, -0.25) is 0 Å². The number of hydrogen-bond donors (Lipinski definition) is 1. The third kappa shape index (κ3) is 2.86. The molecule has 1 N–H and O–H groups in total. The summed E-state index contributed by atoms with van der Waals surface area (Å²) < 4.78 is 0. The molecule has 0 saturated heterocycles. The maximum absolute atomic E-state index is 11.1. The molecule has 1 aliphatic carbocycles. The van der Waals surface area contributed by atoms with Crippen molar-refractivity contribution in [1.29, 1.82) is 0 Å². The van der Waals surface area contributed by atoms with E-state index in [1.54, 1.807) is 0 Å². The lowest BCUT2D eigenvalue weighted by molar-refractivity contribution is 0.0637. The van der Waals surface area contributed by atoms with Crippen LogP contribution >= 0.6 is 0 Å². The van der Waals surface area contributed by atoms with Crippen molar-refractivity contribution in [3.63, 3.8) is 0 Å². The van der Waals surface area contributed by atoms with E-state index in [-0.39, 0.29) is 5.41 Å². The van der Waals surface area contributed by atoms with Gasteiger partial charge in [0.25, 0.3) is 0 Å². The number of rotatable bonds is 2. The summed E-state index contributed by atoms with van der Waals surface area (Å²) in [4.78, 5) is 0. The summed E-state index contributed by atoms with van der Waals surface area (Å²) in [5.74, 6) is 0. The Hall–Kier alpha value is -1.86. The average Bonchev–Trinajstić information content (AvgIpc) is 2.83. The van der Waals surface area contributed by atoms with Crippen molar-refractivity contribution in [2.24, 2.45) is 5.41 Å². The molecule has 2 aromatic carbocycles. The van der Waals surface area contributed by atoms with Crippen molar-refractivity contribution in [2.75, 3.05) is 0 Å². The standard InChI is InChI=1S/C22H26O/c1-14-12-15(2)19(13-14)18-11-10-16-8-6-7-9-17(16)20(18)21(23)22(3,4)5/h6-12,21,23H,13H2,1-5H3. The van der Waals surface area contributed by atoms with E-state index in [0.29, 0.717) is 0 Å². The first-order valence-corrected chi connectivity index (χ1v) is 8.36. The van der Waals surface area contributed by atoms with Gasteiger partial charge >= 0.3 is 0 Å². The van der Waals surface area contributed by atoms with Gasteiger partial charge in [0.15, 0.2) is 0 Å². The van der Waals surface area contributed by atoms with Gasteiger partial charge in [-0.15, -0.1) is 0 Å². The summed E-state index contributed by atoms with van der Waals surface area (Å²) in [5, 5.41) is 13.5. The van der Waals surface area contributed by atoms with Crippen LogP contribution in [-0.2, 0) is 0 Å². The van der Waals surface area contributed by atoms with Gasteiger partial charge in [0, 0.05) is 0 Å². The Bertz CT molecular complexity index is 815. The maximum atomic E-state index is 11.1. The summed E-state index contributed by atoms with van der Waals surface area (Å²) in [7, 11) is 0. The van der Waals surface area contributed by atoms with Gasteiger partial charge in [0.05, 0.1) is 6.10 Å². The molecule has 120 valence electrons. The minimum absolute atomic E-state index is 0.200. The molecule has 1 heteroatoms. The molecular weight excluding hydrogens is 280 g/mol. The molecule has 0 aliphatic heterocycles. The number of aliphatic hydroxyl groups is 1. The van der Waals surface area contributed by atoms with Gasteiger partial charge < -0.3 is 5.11 Å². The summed E-state index contributed by atoms with van der Waals surface area (Å²) in [6.45, 7) is 10.7. The summed E-state index contributed by atoms with van der Waals surface area (Å²) in [6, 6.07) is 12.7. The van der Waals surface area contributed by atoms with Crippen LogP contribution in [0.15, 0.2) is 53.6 Å². The van der Waals surface area contributed by atoms with E-state index < -0.39 is 6.10 Å². The van der Waals surface area contributed by atoms with Crippen LogP contribution < -0.4 is 0 Å². The molecule has 1 unspecified atom stereocenters. The first-order chi connectivity index (χ1) is 10.8. The minimum atomic E-state index is -0.496. The van der Waals surface area contributed by atoms with E-state index in [9.17, 15) is 5.11 Å². The Kier molecular flexibility index (Phi) is 3.93. The average molecular weight is 306 g/mol. The fourth-order valence-electron chi connectivity index (χ4n) is 3.52. The highest BCUT2D eigenvalue weighted by Crippen LogP contribution is 2.43. The monoisotopic (exact) mass is 306 g/mol. The molecule has 3 rings (SSSR count). The van der Waals surface area contributed by atoms with E-state index in [4.69, 9.17) is 0 Å². The molecule has 1 aliphatic rings. The number of allylic oxidation sites excluding steroid dienone is 4. The van der Waals surface area contributed by atoms with Crippen molar-refractivity contribution >= 4 is 16.3 Å². The van der Waals surface area contributed by atoms with E-state index >= 15 is 0 Å². The van der Waals surface area contributed by atoms with Crippen LogP contribution in [0.1, 0.15) is 58.3 Å². The van der Waals surface area contributed by atoms with E-state index in [1.165, 1.54) is 27.7 Å². The van der Waals surface area contributed by atoms with Crippen LogP contribution in [0, 0.1) is 5.41 Å². The molecule has 0 fully saturated rings. The molecule has 0 aromatic heterocycles. The van der Waals surface area contributed by atoms with Crippen LogP contribution in [0.25, 0.3) is 16.3 Å². The Morgan fingerprint density at radius 3 is 2.30 bits per heavy atom. The first kappa shape index (κ1) is 16.0. The fourth-order valence-corrected chi connectivity index (χ4v) is 3.52. The van der Waals surface area contributed by atoms with Crippen LogP contribution in [0.2, 0.25) is 0 Å². The van der Waals surface area contributed by atoms with Crippen LogP contribution in [0.5, 0.6) is 0 Å². The molecule has 1 nitrogen and oxygen atoms in total. The highest BCUT2D eigenvalue weighted by atomic mass is 16.3. The quantitative estimate of drug-likeness (QED) is 0.716. The van der Waals surface area contributed by atoms with E-state index in [2.05, 4.69) is 77.1 Å². The SMILES string of the molecule is CC1=CC(C)=C(c2ccc3ccccc3c2C(O)C(C)(C)C)C1. The molecule has 0 spiro atoms. The maximum Gasteiger partial charge on any atom is 0.0850 e. The van der Waals surface area contributed by atoms with Gasteiger partial charge in [-0.05, 0) is 58.7 Å². The summed E-state index contributed by atoms with van der Waals surface area (Å²) >= 11 is 0. The zero-order valence-corrected chi connectivity index (χ0v) is 14.8. The molecule has 0 heterocycles. The lowest BCUT2D eigenvalue weighted by atomic mass is 9.79. The van der Waals surface area contributed by atoms with Gasteiger partial charge in [0.2, 0.25) is 0 Å². The number of hydrogen-bond acceptors (Lipinski definition) is 1. The van der Waals surface area contributed by atoms with Gasteiger partial charge in [-0.25, -0.2) is 0 Å². The predicted octanol–water partition coefficient (Wildman–Crippen LogP) is 6.04. The topological polar surface area (TPSA) is 20.2 Å². The smallest absolute Gasteiger partial charge is 0.0850 e. The molecule has 2 aromatic rings. The minimum Gasteiger partial charge on any atom is -0.388 e. The Balaban J connectivity index is 2.29. The van der Waals surface area contributed by atoms with Gasteiger partial charge in [0.1, 0.15) is 0 Å². The normalized spacial score (nSPS) is 16.9. The largest absolute Gasteiger partial charge is 0.388 e. The highest BCUT2D eigenvalue weighted by Gasteiger charge is 2.29.